The zero-order valence-corrected chi connectivity index (χ0v) is 35.6. The lowest BCUT2D eigenvalue weighted by Gasteiger charge is -2.34. The second-order valence-electron chi connectivity index (χ2n) is 17.3. The van der Waals surface area contributed by atoms with Crippen molar-refractivity contribution in [3.63, 3.8) is 0 Å². The van der Waals surface area contributed by atoms with Gasteiger partial charge in [0.1, 0.15) is 0 Å². The molecule has 9 aromatic carbocycles. The maximum Gasteiger partial charge on any atom is 0.0476 e. The summed E-state index contributed by atoms with van der Waals surface area (Å²) in [4.78, 5) is 4.75. The van der Waals surface area contributed by atoms with Gasteiger partial charge in [-0.15, -0.1) is 11.3 Å². The quantitative estimate of drug-likeness (QED) is 0.148. The van der Waals surface area contributed by atoms with E-state index in [1.807, 2.05) is 11.3 Å². The predicted octanol–water partition coefficient (Wildman–Crippen LogP) is 16.8. The molecule has 0 fully saturated rings. The fraction of sp³-hybridized carbons (Fsp3) is 0.0847. The Labute approximate surface area is 366 Å². The Morgan fingerprint density at radius 2 is 1.00 bits per heavy atom. The molecule has 1 aromatic heterocycles. The number of rotatable bonds is 7. The van der Waals surface area contributed by atoms with Crippen LogP contribution in [0.25, 0.3) is 52.8 Å². The largest absolute Gasteiger partial charge is 0.311 e. The monoisotopic (exact) mass is 812 g/mol. The topological polar surface area (TPSA) is 6.48 Å². The van der Waals surface area contributed by atoms with Gasteiger partial charge in [-0.25, -0.2) is 0 Å². The lowest BCUT2D eigenvalue weighted by Crippen LogP contribution is -2.28. The van der Waals surface area contributed by atoms with Gasteiger partial charge in [-0.05, 0) is 123 Å². The van der Waals surface area contributed by atoms with E-state index in [1.165, 1.54) is 81.0 Å². The molecule has 2 aliphatic carbocycles. The number of thiophene rings is 1. The molecule has 10 aromatic rings. The van der Waals surface area contributed by atoms with E-state index in [0.29, 0.717) is 11.8 Å². The zero-order valence-electron chi connectivity index (χ0n) is 34.7. The predicted molar refractivity (Wildman–Crippen MR) is 266 cm³/mol. The molecule has 0 spiro atoms. The van der Waals surface area contributed by atoms with Gasteiger partial charge >= 0.3 is 0 Å². The number of allylic oxidation sites excluding steroid dienone is 3. The molecule has 0 amide bonds. The molecule has 2 unspecified atom stereocenters. The van der Waals surface area contributed by atoms with Crippen LogP contribution in [0.5, 0.6) is 0 Å². The highest BCUT2D eigenvalue weighted by Gasteiger charge is 2.45. The third-order valence-electron chi connectivity index (χ3n) is 13.5. The fourth-order valence-electron chi connectivity index (χ4n) is 10.5. The van der Waals surface area contributed by atoms with Crippen molar-refractivity contribution in [3.05, 3.63) is 235 Å². The second-order valence-corrected chi connectivity index (χ2v) is 18.4. The summed E-state index contributed by atoms with van der Waals surface area (Å²) in [6, 6.07) is 73.3. The highest BCUT2D eigenvalue weighted by molar-refractivity contribution is 7.27. The Hall–Kier alpha value is -7.20. The van der Waals surface area contributed by atoms with Crippen LogP contribution >= 0.6 is 11.3 Å². The molecule has 62 heavy (non-hydrogen) atoms. The molecule has 0 N–H and O–H groups in total. The van der Waals surface area contributed by atoms with Crippen molar-refractivity contribution in [1.82, 2.24) is 0 Å². The van der Waals surface area contributed by atoms with Gasteiger partial charge in [0.2, 0.25) is 0 Å². The van der Waals surface area contributed by atoms with Crippen LogP contribution in [-0.2, 0) is 5.41 Å². The van der Waals surface area contributed by atoms with Gasteiger partial charge in [-0.3, -0.25) is 0 Å². The maximum atomic E-state index is 2.53. The van der Waals surface area contributed by atoms with Crippen LogP contribution < -0.4 is 9.80 Å². The van der Waals surface area contributed by atoms with E-state index in [4.69, 9.17) is 0 Å². The molecule has 0 radical (unpaired) electrons. The van der Waals surface area contributed by atoms with Crippen molar-refractivity contribution < 1.29 is 0 Å². The first-order valence-corrected chi connectivity index (χ1v) is 22.5. The summed E-state index contributed by atoms with van der Waals surface area (Å²) in [5.41, 5.74) is 12.4. The lowest BCUT2D eigenvalue weighted by atomic mass is 9.73. The van der Waals surface area contributed by atoms with Crippen LogP contribution in [0.4, 0.5) is 28.4 Å². The Morgan fingerprint density at radius 3 is 1.65 bits per heavy atom. The first-order valence-electron chi connectivity index (χ1n) is 21.7. The van der Waals surface area contributed by atoms with Crippen LogP contribution in [0.3, 0.4) is 0 Å². The molecule has 0 bridgehead atoms. The number of hydrogen-bond donors (Lipinski definition) is 0. The van der Waals surface area contributed by atoms with E-state index in [9.17, 15) is 0 Å². The van der Waals surface area contributed by atoms with Gasteiger partial charge in [0.05, 0.1) is 0 Å². The zero-order chi connectivity index (χ0) is 41.4. The van der Waals surface area contributed by atoms with E-state index in [-0.39, 0.29) is 5.41 Å². The van der Waals surface area contributed by atoms with E-state index < -0.39 is 0 Å². The highest BCUT2D eigenvalue weighted by atomic mass is 32.1. The van der Waals surface area contributed by atoms with Gasteiger partial charge < -0.3 is 9.80 Å². The summed E-state index contributed by atoms with van der Waals surface area (Å²) in [6.45, 7) is 4.89. The number of benzene rings is 9. The Kier molecular flexibility index (Phi) is 8.55. The third-order valence-corrected chi connectivity index (χ3v) is 14.7. The molecule has 1 heterocycles. The van der Waals surface area contributed by atoms with Crippen LogP contribution in [0.1, 0.15) is 30.9 Å². The summed E-state index contributed by atoms with van der Waals surface area (Å²) in [7, 11) is 0. The van der Waals surface area contributed by atoms with Crippen molar-refractivity contribution in [2.45, 2.75) is 25.2 Å². The number of hydrogen-bond acceptors (Lipinski definition) is 3. The second kappa shape index (κ2) is 14.5. The van der Waals surface area contributed by atoms with Crippen LogP contribution in [0.2, 0.25) is 0 Å². The molecule has 3 heteroatoms. The van der Waals surface area contributed by atoms with Crippen LogP contribution in [0.15, 0.2) is 224 Å². The average molecular weight is 813 g/mol. The third kappa shape index (κ3) is 5.84. The smallest absolute Gasteiger partial charge is 0.0476 e. The van der Waals surface area contributed by atoms with Crippen molar-refractivity contribution >= 4 is 81.5 Å². The summed E-state index contributed by atoms with van der Waals surface area (Å²) >= 11 is 1.91. The van der Waals surface area contributed by atoms with Gasteiger partial charge in [-0.1, -0.05) is 159 Å². The average Bonchev–Trinajstić information content (AvgIpc) is 3.82. The van der Waals surface area contributed by atoms with Gasteiger partial charge in [0.25, 0.3) is 0 Å². The normalized spacial score (nSPS) is 16.4. The fourth-order valence-corrected chi connectivity index (χ4v) is 11.8. The minimum absolute atomic E-state index is 0.0622. The van der Waals surface area contributed by atoms with E-state index in [2.05, 4.69) is 242 Å². The minimum atomic E-state index is -0.0622. The summed E-state index contributed by atoms with van der Waals surface area (Å²) in [5.74, 6) is 0.665. The van der Waals surface area contributed by atoms with E-state index in [0.717, 1.165) is 17.1 Å². The Morgan fingerprint density at radius 1 is 0.452 bits per heavy atom. The first-order chi connectivity index (χ1) is 30.5. The highest BCUT2D eigenvalue weighted by Crippen LogP contribution is 2.55. The Bertz CT molecular complexity index is 3300. The van der Waals surface area contributed by atoms with E-state index in [1.54, 1.807) is 0 Å². The lowest BCUT2D eigenvalue weighted by molar-refractivity contribution is 0.392. The first kappa shape index (κ1) is 36.6. The number of fused-ring (bicyclic) bond motifs is 11. The molecular formula is C59H44N2S. The SMILES string of the molecule is CC1(C)c2cc(-c3ccc4c(c3)c3ccccc3c3c5ccc(N(c6ccccc6)c6ccccc6)cc5sc43)ccc2C2C=CC(N(c3ccccc3)c3ccccc3)=CC21. The van der Waals surface area contributed by atoms with Crippen LogP contribution in [0, 0.1) is 5.92 Å². The molecule has 296 valence electrons. The van der Waals surface area contributed by atoms with Crippen LogP contribution in [-0.4, -0.2) is 0 Å². The van der Waals surface area contributed by atoms with E-state index >= 15 is 0 Å². The summed E-state index contributed by atoms with van der Waals surface area (Å²) < 4.78 is 2.64. The molecule has 0 saturated carbocycles. The number of anilines is 5. The van der Waals surface area contributed by atoms with Gasteiger partial charge in [0.15, 0.2) is 0 Å². The van der Waals surface area contributed by atoms with Gasteiger partial charge in [-0.2, -0.15) is 0 Å². The van der Waals surface area contributed by atoms with Crippen molar-refractivity contribution in [2.24, 2.45) is 5.92 Å². The van der Waals surface area contributed by atoms with Gasteiger partial charge in [0, 0.05) is 65.6 Å². The molecule has 2 aliphatic rings. The Balaban J connectivity index is 0.947. The molecule has 2 atom stereocenters. The van der Waals surface area contributed by atoms with Crippen molar-refractivity contribution in [1.29, 1.82) is 0 Å². The summed E-state index contributed by atoms with van der Waals surface area (Å²) in [6.07, 6.45) is 7.33. The minimum Gasteiger partial charge on any atom is -0.311 e. The molecular weight excluding hydrogens is 769 g/mol. The number of nitrogens with zero attached hydrogens (tertiary/aromatic N) is 2. The maximum absolute atomic E-state index is 2.53. The van der Waals surface area contributed by atoms with Crippen molar-refractivity contribution in [2.75, 3.05) is 9.80 Å². The van der Waals surface area contributed by atoms with Crippen molar-refractivity contribution in [3.8, 4) is 11.1 Å². The molecule has 0 saturated heterocycles. The molecule has 12 rings (SSSR count). The standard InChI is InChI=1S/C59H44N2S/c1-59(2)54-36-40(27-31-48(54)49-33-29-45(37-55(49)59)60(41-17-7-3-8-18-41)42-19-9-4-10-20-42)39-28-32-51-53(35-39)47-25-15-16-26-50(47)57-52-34-30-46(38-56(52)62-58(51)57)61(43-21-11-5-12-22-43)44-23-13-6-14-24-44/h3-38,49,55H,1-2H3. The molecule has 0 aliphatic heterocycles. The summed E-state index contributed by atoms with van der Waals surface area (Å²) in [5, 5.41) is 7.87. The molecule has 2 nitrogen and oxygen atoms in total. The number of para-hydroxylation sites is 4.